The van der Waals surface area contributed by atoms with E-state index in [-0.39, 0.29) is 23.3 Å². The monoisotopic (exact) mass is 400 g/mol. The van der Waals surface area contributed by atoms with Gasteiger partial charge in [0.05, 0.1) is 18.8 Å². The number of carbonyl (C=O) groups is 2. The van der Waals surface area contributed by atoms with Gasteiger partial charge in [0.1, 0.15) is 5.75 Å². The van der Waals surface area contributed by atoms with Crippen molar-refractivity contribution in [2.45, 2.75) is 51.6 Å². The zero-order valence-corrected chi connectivity index (χ0v) is 17.6. The van der Waals surface area contributed by atoms with E-state index >= 15 is 0 Å². The van der Waals surface area contributed by atoms with Crippen molar-refractivity contribution in [3.05, 3.63) is 29.3 Å². The zero-order chi connectivity index (χ0) is 20.4. The first-order chi connectivity index (χ1) is 14.0. The molecular formula is C23H32N2O4. The Labute approximate surface area is 173 Å². The van der Waals surface area contributed by atoms with Crippen LogP contribution in [-0.2, 0) is 9.53 Å². The molecule has 158 valence electrons. The quantitative estimate of drug-likeness (QED) is 0.780. The maximum Gasteiger partial charge on any atom is 0.257 e. The van der Waals surface area contributed by atoms with Crippen LogP contribution < -0.4 is 4.74 Å². The van der Waals surface area contributed by atoms with Gasteiger partial charge in [0.15, 0.2) is 0 Å². The molecule has 1 spiro atoms. The van der Waals surface area contributed by atoms with Crippen LogP contribution in [-0.4, -0.2) is 67.6 Å². The van der Waals surface area contributed by atoms with Crippen molar-refractivity contribution in [2.24, 2.45) is 5.41 Å². The molecule has 0 saturated carbocycles. The molecule has 4 rings (SSSR count). The van der Waals surface area contributed by atoms with Crippen molar-refractivity contribution < 1.29 is 19.1 Å². The molecule has 6 nitrogen and oxygen atoms in total. The van der Waals surface area contributed by atoms with Crippen molar-refractivity contribution in [2.75, 3.05) is 39.9 Å². The fourth-order valence-corrected chi connectivity index (χ4v) is 5.16. The predicted octanol–water partition coefficient (Wildman–Crippen LogP) is 3.03. The predicted molar refractivity (Wildman–Crippen MR) is 110 cm³/mol. The number of nitrogens with zero attached hydrogens (tertiary/aromatic N) is 2. The summed E-state index contributed by atoms with van der Waals surface area (Å²) >= 11 is 0. The lowest BCUT2D eigenvalue weighted by molar-refractivity contribution is -0.141. The lowest BCUT2D eigenvalue weighted by Gasteiger charge is -2.47. The van der Waals surface area contributed by atoms with Crippen molar-refractivity contribution >= 4 is 11.8 Å². The lowest BCUT2D eigenvalue weighted by atomic mass is 9.72. The van der Waals surface area contributed by atoms with E-state index in [4.69, 9.17) is 9.47 Å². The minimum atomic E-state index is 0.0449. The summed E-state index contributed by atoms with van der Waals surface area (Å²) in [7, 11) is 1.62. The molecular weight excluding hydrogens is 368 g/mol. The smallest absolute Gasteiger partial charge is 0.257 e. The summed E-state index contributed by atoms with van der Waals surface area (Å²) in [5, 5.41) is 0. The third kappa shape index (κ3) is 4.13. The minimum absolute atomic E-state index is 0.0449. The number of piperidine rings is 2. The topological polar surface area (TPSA) is 59.1 Å². The van der Waals surface area contributed by atoms with E-state index in [1.807, 2.05) is 34.9 Å². The van der Waals surface area contributed by atoms with E-state index in [1.54, 1.807) is 7.11 Å². The van der Waals surface area contributed by atoms with Crippen LogP contribution in [0.25, 0.3) is 0 Å². The molecule has 3 saturated heterocycles. The number of methoxy groups -OCH3 is 1. The first-order valence-corrected chi connectivity index (χ1v) is 10.8. The zero-order valence-electron chi connectivity index (χ0n) is 17.6. The van der Waals surface area contributed by atoms with Gasteiger partial charge in [-0.05, 0) is 56.1 Å². The van der Waals surface area contributed by atoms with E-state index in [1.165, 1.54) is 0 Å². The molecule has 0 unspecified atom stereocenters. The number of hydrogen-bond acceptors (Lipinski definition) is 4. The molecule has 1 atom stereocenters. The molecule has 3 aliphatic heterocycles. The highest BCUT2D eigenvalue weighted by atomic mass is 16.5. The fraction of sp³-hybridized carbons (Fsp3) is 0.652. The van der Waals surface area contributed by atoms with Gasteiger partial charge in [-0.1, -0.05) is 12.1 Å². The number of rotatable bonds is 4. The molecule has 1 aromatic rings. The van der Waals surface area contributed by atoms with Gasteiger partial charge in [-0.3, -0.25) is 9.59 Å². The second-order valence-electron chi connectivity index (χ2n) is 8.86. The molecule has 3 heterocycles. The summed E-state index contributed by atoms with van der Waals surface area (Å²) < 4.78 is 11.2. The van der Waals surface area contributed by atoms with Gasteiger partial charge in [0, 0.05) is 39.2 Å². The molecule has 0 radical (unpaired) electrons. The Morgan fingerprint density at radius 3 is 2.76 bits per heavy atom. The fourth-order valence-electron chi connectivity index (χ4n) is 5.16. The number of amides is 2. The molecule has 3 fully saturated rings. The minimum Gasteiger partial charge on any atom is -0.496 e. The van der Waals surface area contributed by atoms with Crippen molar-refractivity contribution in [1.82, 2.24) is 9.80 Å². The summed E-state index contributed by atoms with van der Waals surface area (Å²) in [6, 6.07) is 5.72. The maximum atomic E-state index is 13.1. The summed E-state index contributed by atoms with van der Waals surface area (Å²) in [5.41, 5.74) is 1.75. The van der Waals surface area contributed by atoms with E-state index in [2.05, 4.69) is 0 Å². The Morgan fingerprint density at radius 1 is 1.28 bits per heavy atom. The Balaban J connectivity index is 1.40. The Morgan fingerprint density at radius 2 is 2.07 bits per heavy atom. The summed E-state index contributed by atoms with van der Waals surface area (Å²) in [4.78, 5) is 29.6. The normalized spacial score (nSPS) is 24.2. The van der Waals surface area contributed by atoms with Crippen LogP contribution in [0.1, 0.15) is 54.4 Å². The largest absolute Gasteiger partial charge is 0.496 e. The highest BCUT2D eigenvalue weighted by Gasteiger charge is 2.42. The number of aryl methyl sites for hydroxylation is 1. The Kier molecular flexibility index (Phi) is 5.81. The molecule has 0 aromatic heterocycles. The first kappa shape index (κ1) is 20.2. The third-order valence-corrected chi connectivity index (χ3v) is 6.95. The van der Waals surface area contributed by atoms with E-state index in [9.17, 15) is 9.59 Å². The Bertz CT molecular complexity index is 764. The Hall–Kier alpha value is -2.08. The number of carbonyl (C=O) groups excluding carboxylic acids is 2. The van der Waals surface area contributed by atoms with E-state index in [0.717, 1.165) is 70.5 Å². The molecule has 2 amide bonds. The standard InChI is InChI=1S/C23H32N2O4/c1-17-5-3-7-19(21(17)28-2)22(27)24-12-10-23(11-13-24)9-8-20(26)25(16-23)15-18-6-4-14-29-18/h3,5,7,18H,4,6,8-16H2,1-2H3/t18-/m0/s1. The molecule has 1 aromatic carbocycles. The number of hydrogen-bond donors (Lipinski definition) is 0. The molecule has 0 bridgehead atoms. The highest BCUT2D eigenvalue weighted by molar-refractivity contribution is 5.97. The molecule has 3 aliphatic rings. The molecule has 0 aliphatic carbocycles. The van der Waals surface area contributed by atoms with Gasteiger partial charge < -0.3 is 19.3 Å². The van der Waals surface area contributed by atoms with Crippen LogP contribution in [0.3, 0.4) is 0 Å². The second kappa shape index (κ2) is 8.34. The average Bonchev–Trinajstić information content (AvgIpc) is 3.24. The average molecular weight is 401 g/mol. The SMILES string of the molecule is COc1c(C)cccc1C(=O)N1CCC2(CCC(=O)N(C[C@@H]3CCCO3)C2)CC1. The van der Waals surface area contributed by atoms with Crippen LogP contribution in [0.2, 0.25) is 0 Å². The van der Waals surface area contributed by atoms with Gasteiger partial charge in [-0.15, -0.1) is 0 Å². The summed E-state index contributed by atoms with van der Waals surface area (Å²) in [5.74, 6) is 0.974. The number of likely N-dealkylation sites (tertiary alicyclic amines) is 2. The van der Waals surface area contributed by atoms with E-state index < -0.39 is 0 Å². The van der Waals surface area contributed by atoms with Gasteiger partial charge >= 0.3 is 0 Å². The first-order valence-electron chi connectivity index (χ1n) is 10.8. The van der Waals surface area contributed by atoms with Crippen molar-refractivity contribution in [3.8, 4) is 5.75 Å². The van der Waals surface area contributed by atoms with Gasteiger partial charge in [-0.2, -0.15) is 0 Å². The van der Waals surface area contributed by atoms with Crippen LogP contribution >= 0.6 is 0 Å². The second-order valence-corrected chi connectivity index (χ2v) is 8.86. The summed E-state index contributed by atoms with van der Waals surface area (Å²) in [6.07, 6.45) is 5.79. The number of benzene rings is 1. The van der Waals surface area contributed by atoms with Crippen LogP contribution in [0.4, 0.5) is 0 Å². The van der Waals surface area contributed by atoms with Crippen molar-refractivity contribution in [1.29, 1.82) is 0 Å². The van der Waals surface area contributed by atoms with Gasteiger partial charge in [-0.25, -0.2) is 0 Å². The van der Waals surface area contributed by atoms with Crippen molar-refractivity contribution in [3.63, 3.8) is 0 Å². The van der Waals surface area contributed by atoms with Crippen LogP contribution in [0.15, 0.2) is 18.2 Å². The molecule has 29 heavy (non-hydrogen) atoms. The lowest BCUT2D eigenvalue weighted by Crippen LogP contribution is -2.53. The number of ether oxygens (including phenoxy) is 2. The van der Waals surface area contributed by atoms with Gasteiger partial charge in [0.25, 0.3) is 5.91 Å². The molecule has 6 heteroatoms. The number of para-hydroxylation sites is 1. The molecule has 0 N–H and O–H groups in total. The van der Waals surface area contributed by atoms with Crippen LogP contribution in [0.5, 0.6) is 5.75 Å². The van der Waals surface area contributed by atoms with Crippen LogP contribution in [0, 0.1) is 12.3 Å². The maximum absolute atomic E-state index is 13.1. The third-order valence-electron chi connectivity index (χ3n) is 6.95. The highest BCUT2D eigenvalue weighted by Crippen LogP contribution is 2.41. The summed E-state index contributed by atoms with van der Waals surface area (Å²) in [6.45, 7) is 5.78. The van der Waals surface area contributed by atoms with Gasteiger partial charge in [0.2, 0.25) is 5.91 Å². The van der Waals surface area contributed by atoms with E-state index in [0.29, 0.717) is 17.7 Å².